The number of alkyl halides is 1. The second-order valence-corrected chi connectivity index (χ2v) is 8.15. The van der Waals surface area contributed by atoms with Crippen molar-refractivity contribution in [2.75, 3.05) is 0 Å². The third kappa shape index (κ3) is 4.63. The van der Waals surface area contributed by atoms with E-state index in [1.165, 1.54) is 19.3 Å². The highest BCUT2D eigenvalue weighted by atomic mass is 35.5. The summed E-state index contributed by atoms with van der Waals surface area (Å²) in [5.41, 5.74) is 2.19. The van der Waals surface area contributed by atoms with Crippen LogP contribution in [-0.4, -0.2) is 26.8 Å². The molecule has 0 aliphatic heterocycles. The molecular formula is C21H26Cl2N2O. The zero-order valence-corrected chi connectivity index (χ0v) is 16.7. The third-order valence-corrected chi connectivity index (χ3v) is 5.75. The molecule has 3 rings (SSSR count). The molecule has 1 amide bonds. The Morgan fingerprint density at radius 3 is 2.62 bits per heavy atom. The molecule has 1 aliphatic rings. The number of halogens is 2. The highest BCUT2D eigenvalue weighted by molar-refractivity contribution is 6.31. The van der Waals surface area contributed by atoms with Crippen LogP contribution in [0.25, 0.3) is 0 Å². The van der Waals surface area contributed by atoms with E-state index in [0.29, 0.717) is 19.1 Å². The summed E-state index contributed by atoms with van der Waals surface area (Å²) < 4.78 is 2.17. The van der Waals surface area contributed by atoms with Gasteiger partial charge in [0.05, 0.1) is 6.54 Å². The number of carbonyl (C=O) groups excluding carboxylic acids is 1. The second kappa shape index (κ2) is 8.96. The van der Waals surface area contributed by atoms with Crippen molar-refractivity contribution in [3.63, 3.8) is 0 Å². The summed E-state index contributed by atoms with van der Waals surface area (Å²) in [5.74, 6) is 0.0315. The zero-order chi connectivity index (χ0) is 18.5. The van der Waals surface area contributed by atoms with Crippen molar-refractivity contribution in [2.24, 2.45) is 0 Å². The quantitative estimate of drug-likeness (QED) is 0.597. The monoisotopic (exact) mass is 392 g/mol. The van der Waals surface area contributed by atoms with Gasteiger partial charge in [-0.2, -0.15) is 0 Å². The standard InChI is InChI=1S/C21H26Cl2N2O/c1-16(22)21(26)25(18-9-3-2-4-10-18)15-19-11-7-13-24(19)14-17-8-5-6-12-20(17)23/h5-8,11-13,16,18H,2-4,9-10,14-15H2,1H3/t16-/m0/s1. The van der Waals surface area contributed by atoms with Crippen molar-refractivity contribution in [3.8, 4) is 0 Å². The van der Waals surface area contributed by atoms with Crippen molar-refractivity contribution in [2.45, 2.75) is 63.5 Å². The summed E-state index contributed by atoms with van der Waals surface area (Å²) in [6, 6.07) is 12.3. The van der Waals surface area contributed by atoms with E-state index in [4.69, 9.17) is 23.2 Å². The molecule has 1 aromatic carbocycles. The van der Waals surface area contributed by atoms with E-state index in [0.717, 1.165) is 29.1 Å². The lowest BCUT2D eigenvalue weighted by molar-refractivity contribution is -0.134. The van der Waals surface area contributed by atoms with Gasteiger partial charge in [0, 0.05) is 29.5 Å². The maximum atomic E-state index is 12.8. The molecule has 3 nitrogen and oxygen atoms in total. The van der Waals surface area contributed by atoms with E-state index in [2.05, 4.69) is 10.6 Å². The molecule has 0 saturated heterocycles. The van der Waals surface area contributed by atoms with Gasteiger partial charge in [0.2, 0.25) is 5.91 Å². The van der Waals surface area contributed by atoms with Gasteiger partial charge in [-0.15, -0.1) is 11.6 Å². The van der Waals surface area contributed by atoms with Gasteiger partial charge in [-0.1, -0.05) is 49.1 Å². The largest absolute Gasteiger partial charge is 0.345 e. The smallest absolute Gasteiger partial charge is 0.240 e. The topological polar surface area (TPSA) is 25.2 Å². The lowest BCUT2D eigenvalue weighted by Crippen LogP contribution is -2.44. The number of aromatic nitrogens is 1. The van der Waals surface area contributed by atoms with Gasteiger partial charge in [0.25, 0.3) is 0 Å². The van der Waals surface area contributed by atoms with Crippen LogP contribution in [0.2, 0.25) is 5.02 Å². The molecule has 0 N–H and O–H groups in total. The van der Waals surface area contributed by atoms with Crippen LogP contribution in [0.5, 0.6) is 0 Å². The van der Waals surface area contributed by atoms with Gasteiger partial charge in [0.1, 0.15) is 5.38 Å². The lowest BCUT2D eigenvalue weighted by Gasteiger charge is -2.35. The van der Waals surface area contributed by atoms with Crippen LogP contribution < -0.4 is 0 Å². The van der Waals surface area contributed by atoms with E-state index in [9.17, 15) is 4.79 Å². The molecule has 26 heavy (non-hydrogen) atoms. The van der Waals surface area contributed by atoms with E-state index < -0.39 is 5.38 Å². The molecule has 0 bridgehead atoms. The van der Waals surface area contributed by atoms with E-state index in [1.54, 1.807) is 6.92 Å². The van der Waals surface area contributed by atoms with Crippen LogP contribution in [0, 0.1) is 0 Å². The van der Waals surface area contributed by atoms with Gasteiger partial charge < -0.3 is 9.47 Å². The van der Waals surface area contributed by atoms with Gasteiger partial charge in [-0.3, -0.25) is 4.79 Å². The molecule has 0 radical (unpaired) electrons. The second-order valence-electron chi connectivity index (χ2n) is 7.09. The van der Waals surface area contributed by atoms with Crippen LogP contribution in [0.4, 0.5) is 0 Å². The highest BCUT2D eigenvalue weighted by Crippen LogP contribution is 2.26. The number of hydrogen-bond acceptors (Lipinski definition) is 1. The Morgan fingerprint density at radius 1 is 1.19 bits per heavy atom. The molecule has 0 spiro atoms. The fraction of sp³-hybridized carbons (Fsp3) is 0.476. The molecular weight excluding hydrogens is 367 g/mol. The molecule has 140 valence electrons. The summed E-state index contributed by atoms with van der Waals surface area (Å²) in [5, 5.41) is 0.269. The van der Waals surface area contributed by atoms with Crippen LogP contribution in [0.1, 0.15) is 50.3 Å². The molecule has 1 atom stereocenters. The minimum Gasteiger partial charge on any atom is -0.345 e. The maximum absolute atomic E-state index is 12.8. The predicted molar refractivity (Wildman–Crippen MR) is 108 cm³/mol. The fourth-order valence-electron chi connectivity index (χ4n) is 3.74. The minimum atomic E-state index is -0.496. The normalized spacial score (nSPS) is 16.4. The van der Waals surface area contributed by atoms with Crippen LogP contribution in [0.3, 0.4) is 0 Å². The first-order valence-electron chi connectivity index (χ1n) is 9.38. The Hall–Kier alpha value is -1.45. The lowest BCUT2D eigenvalue weighted by atomic mass is 9.94. The molecule has 1 heterocycles. The SMILES string of the molecule is C[C@H](Cl)C(=O)N(Cc1cccn1Cc1ccccc1Cl)C1CCCCC1. The average molecular weight is 393 g/mol. The summed E-state index contributed by atoms with van der Waals surface area (Å²) in [4.78, 5) is 14.8. The van der Waals surface area contributed by atoms with E-state index >= 15 is 0 Å². The van der Waals surface area contributed by atoms with Crippen LogP contribution >= 0.6 is 23.2 Å². The molecule has 1 aliphatic carbocycles. The van der Waals surface area contributed by atoms with Crippen molar-refractivity contribution in [1.29, 1.82) is 0 Å². The van der Waals surface area contributed by atoms with Gasteiger partial charge >= 0.3 is 0 Å². The molecule has 1 fully saturated rings. The number of benzene rings is 1. The fourth-order valence-corrected chi connectivity index (χ4v) is 4.06. The van der Waals surface area contributed by atoms with Gasteiger partial charge in [-0.05, 0) is 43.5 Å². The van der Waals surface area contributed by atoms with Crippen molar-refractivity contribution in [1.82, 2.24) is 9.47 Å². The zero-order valence-electron chi connectivity index (χ0n) is 15.2. The summed E-state index contributed by atoms with van der Waals surface area (Å²) in [6.07, 6.45) is 7.82. The molecule has 1 saturated carbocycles. The number of hydrogen-bond donors (Lipinski definition) is 0. The Morgan fingerprint density at radius 2 is 1.92 bits per heavy atom. The number of rotatable bonds is 6. The first-order chi connectivity index (χ1) is 12.6. The number of carbonyl (C=O) groups is 1. The third-order valence-electron chi connectivity index (χ3n) is 5.19. The first kappa shape index (κ1) is 19.3. The molecule has 2 aromatic rings. The van der Waals surface area contributed by atoms with Crippen molar-refractivity contribution >= 4 is 29.1 Å². The Labute approximate surface area is 165 Å². The minimum absolute atomic E-state index is 0.0315. The van der Waals surface area contributed by atoms with Crippen LogP contribution in [0.15, 0.2) is 42.6 Å². The van der Waals surface area contributed by atoms with Gasteiger partial charge in [0.15, 0.2) is 0 Å². The molecule has 0 unspecified atom stereocenters. The van der Waals surface area contributed by atoms with Crippen molar-refractivity contribution < 1.29 is 4.79 Å². The van der Waals surface area contributed by atoms with Gasteiger partial charge in [-0.25, -0.2) is 0 Å². The molecule has 1 aromatic heterocycles. The van der Waals surface area contributed by atoms with Crippen molar-refractivity contribution in [3.05, 3.63) is 58.9 Å². The Kier molecular flexibility index (Phi) is 6.66. The Balaban J connectivity index is 1.80. The average Bonchev–Trinajstić information content (AvgIpc) is 3.08. The summed E-state index contributed by atoms with van der Waals surface area (Å²) >= 11 is 12.5. The van der Waals surface area contributed by atoms with Crippen LogP contribution in [-0.2, 0) is 17.9 Å². The van der Waals surface area contributed by atoms with E-state index in [1.807, 2.05) is 41.4 Å². The first-order valence-corrected chi connectivity index (χ1v) is 10.2. The highest BCUT2D eigenvalue weighted by Gasteiger charge is 2.28. The van der Waals surface area contributed by atoms with E-state index in [-0.39, 0.29) is 5.91 Å². The summed E-state index contributed by atoms with van der Waals surface area (Å²) in [6.45, 7) is 3.06. The summed E-state index contributed by atoms with van der Waals surface area (Å²) in [7, 11) is 0. The number of nitrogens with zero attached hydrogens (tertiary/aromatic N) is 2. The predicted octanol–water partition coefficient (Wildman–Crippen LogP) is 5.48. The Bertz CT molecular complexity index is 735. The maximum Gasteiger partial charge on any atom is 0.240 e. The molecule has 5 heteroatoms. The number of amides is 1.